The van der Waals surface area contributed by atoms with Crippen molar-refractivity contribution in [3.8, 4) is 0 Å². The molecule has 2 rings (SSSR count). The maximum atomic E-state index is 13.8. The second-order valence-electron chi connectivity index (χ2n) is 5.43. The van der Waals surface area contributed by atoms with E-state index >= 15 is 0 Å². The molecule has 0 spiro atoms. The highest BCUT2D eigenvalue weighted by Gasteiger charge is 2.25. The standard InChI is InChI=1S/C16H26FN5O/c1-3-23-11-5-9-20-16(18-2)21-13-7-10-22(12-13)15-14(17)6-4-8-19-15/h4,6,8,13H,3,5,7,9-12H2,1-2H3,(H2,18,20,21). The first-order valence-electron chi connectivity index (χ1n) is 8.15. The Bertz CT molecular complexity index is 511. The predicted molar refractivity (Wildman–Crippen MR) is 90.4 cm³/mol. The summed E-state index contributed by atoms with van der Waals surface area (Å²) < 4.78 is 19.1. The Kier molecular flexibility index (Phi) is 7.06. The van der Waals surface area contributed by atoms with Gasteiger partial charge in [-0.3, -0.25) is 4.99 Å². The maximum Gasteiger partial charge on any atom is 0.191 e. The molecule has 6 nitrogen and oxygen atoms in total. The Balaban J connectivity index is 1.76. The number of pyridine rings is 1. The van der Waals surface area contributed by atoms with E-state index in [0.717, 1.165) is 45.1 Å². The molecule has 2 heterocycles. The quantitative estimate of drug-likeness (QED) is 0.451. The Hall–Kier alpha value is -1.89. The molecule has 0 aromatic carbocycles. The monoisotopic (exact) mass is 323 g/mol. The molecule has 7 heteroatoms. The normalized spacial score (nSPS) is 18.3. The molecule has 0 saturated carbocycles. The number of rotatable bonds is 7. The van der Waals surface area contributed by atoms with Gasteiger partial charge in [0.05, 0.1) is 0 Å². The molecular formula is C16H26FN5O. The highest BCUT2D eigenvalue weighted by atomic mass is 19.1. The molecule has 1 aliphatic heterocycles. The van der Waals surface area contributed by atoms with E-state index in [1.165, 1.54) is 6.07 Å². The molecule has 1 atom stereocenters. The van der Waals surface area contributed by atoms with E-state index in [0.29, 0.717) is 12.4 Å². The van der Waals surface area contributed by atoms with Crippen molar-refractivity contribution in [3.63, 3.8) is 0 Å². The third-order valence-electron chi connectivity index (χ3n) is 3.75. The fraction of sp³-hybridized carbons (Fsp3) is 0.625. The van der Waals surface area contributed by atoms with Gasteiger partial charge in [-0.1, -0.05) is 0 Å². The maximum absolute atomic E-state index is 13.8. The van der Waals surface area contributed by atoms with Gasteiger partial charge in [0.2, 0.25) is 0 Å². The average Bonchev–Trinajstić information content (AvgIpc) is 3.02. The minimum atomic E-state index is -0.272. The molecule has 23 heavy (non-hydrogen) atoms. The SMILES string of the molecule is CCOCCCNC(=NC)NC1CCN(c2ncccc2F)C1. The number of ether oxygens (including phenoxy) is 1. The van der Waals surface area contributed by atoms with Crippen LogP contribution in [-0.4, -0.2) is 56.9 Å². The molecule has 0 bridgehead atoms. The van der Waals surface area contributed by atoms with Crippen molar-refractivity contribution in [2.75, 3.05) is 44.8 Å². The minimum Gasteiger partial charge on any atom is -0.382 e. The van der Waals surface area contributed by atoms with Crippen molar-refractivity contribution in [2.45, 2.75) is 25.8 Å². The van der Waals surface area contributed by atoms with E-state index in [4.69, 9.17) is 4.74 Å². The zero-order valence-corrected chi connectivity index (χ0v) is 13.9. The average molecular weight is 323 g/mol. The second-order valence-corrected chi connectivity index (χ2v) is 5.43. The van der Waals surface area contributed by atoms with Crippen LogP contribution in [0.25, 0.3) is 0 Å². The van der Waals surface area contributed by atoms with Gasteiger partial charge in [-0.05, 0) is 31.9 Å². The third kappa shape index (κ3) is 5.35. The van der Waals surface area contributed by atoms with E-state index in [2.05, 4.69) is 20.6 Å². The molecule has 2 N–H and O–H groups in total. The van der Waals surface area contributed by atoms with Crippen LogP contribution in [-0.2, 0) is 4.74 Å². The van der Waals surface area contributed by atoms with Crippen molar-refractivity contribution in [1.29, 1.82) is 0 Å². The molecule has 0 radical (unpaired) electrons. The summed E-state index contributed by atoms with van der Waals surface area (Å²) >= 11 is 0. The number of nitrogens with one attached hydrogen (secondary N) is 2. The molecule has 1 aliphatic rings. The van der Waals surface area contributed by atoms with Crippen molar-refractivity contribution in [3.05, 3.63) is 24.1 Å². The highest BCUT2D eigenvalue weighted by Crippen LogP contribution is 2.20. The van der Waals surface area contributed by atoms with Crippen molar-refractivity contribution in [2.24, 2.45) is 4.99 Å². The molecule has 128 valence electrons. The van der Waals surface area contributed by atoms with Gasteiger partial charge in [-0.2, -0.15) is 0 Å². The summed E-state index contributed by atoms with van der Waals surface area (Å²) in [6, 6.07) is 3.29. The van der Waals surface area contributed by atoms with Crippen LogP contribution in [0.5, 0.6) is 0 Å². The molecule has 1 unspecified atom stereocenters. The first kappa shape index (κ1) is 17.5. The van der Waals surface area contributed by atoms with Crippen LogP contribution in [0.2, 0.25) is 0 Å². The van der Waals surface area contributed by atoms with E-state index < -0.39 is 0 Å². The molecule has 1 aromatic heterocycles. The lowest BCUT2D eigenvalue weighted by Crippen LogP contribution is -2.45. The first-order chi connectivity index (χ1) is 11.2. The Morgan fingerprint density at radius 2 is 2.43 bits per heavy atom. The zero-order valence-electron chi connectivity index (χ0n) is 13.9. The van der Waals surface area contributed by atoms with Gasteiger partial charge in [0.1, 0.15) is 0 Å². The molecular weight excluding hydrogens is 297 g/mol. The van der Waals surface area contributed by atoms with Crippen molar-refractivity contribution in [1.82, 2.24) is 15.6 Å². The van der Waals surface area contributed by atoms with Crippen molar-refractivity contribution < 1.29 is 9.13 Å². The number of aliphatic imine (C=N–C) groups is 1. The summed E-state index contributed by atoms with van der Waals surface area (Å²) in [6.45, 7) is 5.79. The Labute approximate surface area is 137 Å². The van der Waals surface area contributed by atoms with E-state index in [-0.39, 0.29) is 11.9 Å². The first-order valence-corrected chi connectivity index (χ1v) is 8.15. The summed E-state index contributed by atoms with van der Waals surface area (Å²) in [7, 11) is 1.75. The number of halogens is 1. The van der Waals surface area contributed by atoms with Gasteiger partial charge >= 0.3 is 0 Å². The Morgan fingerprint density at radius 3 is 3.17 bits per heavy atom. The van der Waals surface area contributed by atoms with Crippen LogP contribution in [0.1, 0.15) is 19.8 Å². The van der Waals surface area contributed by atoms with Crippen LogP contribution in [0, 0.1) is 5.82 Å². The van der Waals surface area contributed by atoms with Gasteiger partial charge in [-0.15, -0.1) is 0 Å². The van der Waals surface area contributed by atoms with Crippen LogP contribution in [0.4, 0.5) is 10.2 Å². The number of guanidine groups is 1. The highest BCUT2D eigenvalue weighted by molar-refractivity contribution is 5.80. The molecule has 1 fully saturated rings. The molecule has 0 aliphatic carbocycles. The number of anilines is 1. The summed E-state index contributed by atoms with van der Waals surface area (Å²) in [5.41, 5.74) is 0. The summed E-state index contributed by atoms with van der Waals surface area (Å²) in [4.78, 5) is 10.3. The topological polar surface area (TPSA) is 61.8 Å². The predicted octanol–water partition coefficient (Wildman–Crippen LogP) is 1.39. The van der Waals surface area contributed by atoms with Crippen LogP contribution in [0.15, 0.2) is 23.3 Å². The zero-order chi connectivity index (χ0) is 16.5. The fourth-order valence-electron chi connectivity index (χ4n) is 2.59. The van der Waals surface area contributed by atoms with Gasteiger partial charge in [0.15, 0.2) is 17.6 Å². The van der Waals surface area contributed by atoms with Gasteiger partial charge in [0, 0.05) is 52.1 Å². The number of aromatic nitrogens is 1. The lowest BCUT2D eigenvalue weighted by Gasteiger charge is -2.20. The number of hydrogen-bond donors (Lipinski definition) is 2. The lowest BCUT2D eigenvalue weighted by atomic mass is 10.3. The van der Waals surface area contributed by atoms with Gasteiger partial charge in [-0.25, -0.2) is 9.37 Å². The van der Waals surface area contributed by atoms with E-state index in [1.807, 2.05) is 11.8 Å². The smallest absolute Gasteiger partial charge is 0.191 e. The lowest BCUT2D eigenvalue weighted by molar-refractivity contribution is 0.145. The summed E-state index contributed by atoms with van der Waals surface area (Å²) in [5.74, 6) is 0.929. The van der Waals surface area contributed by atoms with Gasteiger partial charge < -0.3 is 20.3 Å². The fourth-order valence-corrected chi connectivity index (χ4v) is 2.59. The number of nitrogens with zero attached hydrogens (tertiary/aromatic N) is 3. The molecule has 1 saturated heterocycles. The second kappa shape index (κ2) is 9.29. The van der Waals surface area contributed by atoms with E-state index in [9.17, 15) is 4.39 Å². The van der Waals surface area contributed by atoms with Crippen LogP contribution < -0.4 is 15.5 Å². The molecule has 0 amide bonds. The Morgan fingerprint density at radius 1 is 1.57 bits per heavy atom. The van der Waals surface area contributed by atoms with Crippen LogP contribution >= 0.6 is 0 Å². The van der Waals surface area contributed by atoms with Crippen molar-refractivity contribution >= 4 is 11.8 Å². The minimum absolute atomic E-state index is 0.231. The number of hydrogen-bond acceptors (Lipinski definition) is 4. The van der Waals surface area contributed by atoms with E-state index in [1.54, 1.807) is 19.3 Å². The largest absolute Gasteiger partial charge is 0.382 e. The molecule has 1 aromatic rings. The third-order valence-corrected chi connectivity index (χ3v) is 3.75. The summed E-state index contributed by atoms with van der Waals surface area (Å²) in [6.07, 6.45) is 3.48. The summed E-state index contributed by atoms with van der Waals surface area (Å²) in [5, 5.41) is 6.65. The van der Waals surface area contributed by atoms with Gasteiger partial charge in [0.25, 0.3) is 0 Å². The van der Waals surface area contributed by atoms with Crippen LogP contribution in [0.3, 0.4) is 0 Å².